The summed E-state index contributed by atoms with van der Waals surface area (Å²) in [5.74, 6) is -0.681. The molecule has 3 atom stereocenters. The minimum Gasteiger partial charge on any atom is -0.504 e. The lowest BCUT2D eigenvalue weighted by molar-refractivity contribution is -0.146. The third-order valence-electron chi connectivity index (χ3n) is 8.06. The molecule has 1 unspecified atom stereocenters. The van der Waals surface area contributed by atoms with Gasteiger partial charge in [0.2, 0.25) is 0 Å². The Labute approximate surface area is 245 Å². The van der Waals surface area contributed by atoms with Crippen LogP contribution in [0.1, 0.15) is 48.3 Å². The number of aromatic hydroxyl groups is 1. The number of esters is 1. The number of hydrogen-bond acceptors (Lipinski definition) is 8. The summed E-state index contributed by atoms with van der Waals surface area (Å²) in [6.45, 7) is 2.00. The Morgan fingerprint density at radius 1 is 0.881 bits per heavy atom. The van der Waals surface area contributed by atoms with Crippen LogP contribution >= 0.6 is 0 Å². The normalized spacial score (nSPS) is 20.0. The van der Waals surface area contributed by atoms with Gasteiger partial charge in [0.25, 0.3) is 0 Å². The van der Waals surface area contributed by atoms with Gasteiger partial charge in [-0.25, -0.2) is 0 Å². The standard InChI is InChI=1S/C34H35NO7/c1-20-31(34(38)42-15-14-21-8-6-5-7-9-21)32(23-11-12-28(39-2)26(36)17-23)33-25(35-20)16-24(18-27(33)37)22-10-13-29(40-3)30(19-22)41-4/h5-13,17,19,24,31-32,36H,14-16,18H2,1-4H3/t24-,31?,32+/m1/s1. The monoisotopic (exact) mass is 569 g/mol. The van der Waals surface area contributed by atoms with Gasteiger partial charge in [0.05, 0.1) is 27.9 Å². The van der Waals surface area contributed by atoms with E-state index in [1.165, 1.54) is 7.11 Å². The minimum absolute atomic E-state index is 0.0695. The van der Waals surface area contributed by atoms with E-state index >= 15 is 0 Å². The zero-order valence-electron chi connectivity index (χ0n) is 24.3. The average Bonchev–Trinajstić information content (AvgIpc) is 3.00. The van der Waals surface area contributed by atoms with Crippen molar-refractivity contribution in [3.05, 3.63) is 94.7 Å². The number of hydrogen-bond donors (Lipinski definition) is 1. The quantitative estimate of drug-likeness (QED) is 0.326. The Balaban J connectivity index is 1.49. The van der Waals surface area contributed by atoms with Crippen molar-refractivity contribution in [2.45, 2.75) is 38.0 Å². The SMILES string of the molecule is COc1ccc([C@@H]2C3=C(C[C@@H](c4ccc(OC)c(OC)c4)CC3=O)N=C(C)C2C(=O)OCCc2ccccc2)cc1O. The van der Waals surface area contributed by atoms with Gasteiger partial charge in [0, 0.05) is 35.7 Å². The lowest BCUT2D eigenvalue weighted by Gasteiger charge is -2.36. The summed E-state index contributed by atoms with van der Waals surface area (Å²) < 4.78 is 21.9. The van der Waals surface area contributed by atoms with Crippen LogP contribution in [0, 0.1) is 5.92 Å². The Bertz CT molecular complexity index is 1540. The highest BCUT2D eigenvalue weighted by molar-refractivity contribution is 6.09. The minimum atomic E-state index is -0.811. The van der Waals surface area contributed by atoms with Crippen LogP contribution in [0.4, 0.5) is 0 Å². The molecule has 1 N–H and O–H groups in total. The predicted octanol–water partition coefficient (Wildman–Crippen LogP) is 5.78. The molecular weight excluding hydrogens is 534 g/mol. The van der Waals surface area contributed by atoms with E-state index in [-0.39, 0.29) is 30.5 Å². The van der Waals surface area contributed by atoms with Gasteiger partial charge in [-0.15, -0.1) is 0 Å². The number of allylic oxidation sites excluding steroid dienone is 2. The molecule has 0 radical (unpaired) electrons. The first-order valence-corrected chi connectivity index (χ1v) is 13.9. The Hall–Kier alpha value is -4.59. The van der Waals surface area contributed by atoms with Crippen LogP contribution in [0.5, 0.6) is 23.0 Å². The fourth-order valence-corrected chi connectivity index (χ4v) is 5.97. The van der Waals surface area contributed by atoms with Crippen molar-refractivity contribution in [3.8, 4) is 23.0 Å². The largest absolute Gasteiger partial charge is 0.504 e. The highest BCUT2D eigenvalue weighted by atomic mass is 16.5. The average molecular weight is 570 g/mol. The summed E-state index contributed by atoms with van der Waals surface area (Å²) in [4.78, 5) is 32.4. The van der Waals surface area contributed by atoms with E-state index in [9.17, 15) is 14.7 Å². The molecule has 8 heteroatoms. The molecular formula is C34H35NO7. The van der Waals surface area contributed by atoms with Gasteiger partial charge in [0.1, 0.15) is 5.92 Å². The summed E-state index contributed by atoms with van der Waals surface area (Å²) in [5, 5.41) is 10.6. The van der Waals surface area contributed by atoms with Crippen molar-refractivity contribution in [2.75, 3.05) is 27.9 Å². The highest BCUT2D eigenvalue weighted by Gasteiger charge is 2.45. The summed E-state index contributed by atoms with van der Waals surface area (Å²) in [6, 6.07) is 20.4. The fourth-order valence-electron chi connectivity index (χ4n) is 5.97. The zero-order valence-corrected chi connectivity index (χ0v) is 24.3. The zero-order chi connectivity index (χ0) is 29.8. The van der Waals surface area contributed by atoms with Gasteiger partial charge >= 0.3 is 5.97 Å². The molecule has 8 nitrogen and oxygen atoms in total. The molecule has 0 amide bonds. The van der Waals surface area contributed by atoms with Gasteiger partial charge in [-0.2, -0.15) is 0 Å². The second kappa shape index (κ2) is 12.5. The van der Waals surface area contributed by atoms with Crippen LogP contribution in [0.2, 0.25) is 0 Å². The molecule has 0 saturated heterocycles. The molecule has 1 aliphatic carbocycles. The van der Waals surface area contributed by atoms with Gasteiger partial charge in [-0.05, 0) is 60.2 Å². The number of nitrogens with zero attached hydrogens (tertiary/aromatic N) is 1. The maximum Gasteiger partial charge on any atom is 0.315 e. The molecule has 1 aliphatic heterocycles. The van der Waals surface area contributed by atoms with E-state index < -0.39 is 17.8 Å². The number of ether oxygens (including phenoxy) is 4. The van der Waals surface area contributed by atoms with E-state index in [0.29, 0.717) is 52.6 Å². The van der Waals surface area contributed by atoms with Crippen LogP contribution in [0.25, 0.3) is 0 Å². The molecule has 0 saturated carbocycles. The van der Waals surface area contributed by atoms with E-state index in [1.54, 1.807) is 39.3 Å². The van der Waals surface area contributed by atoms with Crippen molar-refractivity contribution >= 4 is 17.5 Å². The number of aliphatic imine (C=N–C) groups is 1. The molecule has 3 aromatic rings. The number of methoxy groups -OCH3 is 3. The van der Waals surface area contributed by atoms with Gasteiger partial charge in [-0.1, -0.05) is 42.5 Å². The Morgan fingerprint density at radius 3 is 2.26 bits per heavy atom. The number of phenolic OH excluding ortho intramolecular Hbond substituents is 1. The molecule has 2 aliphatic rings. The summed E-state index contributed by atoms with van der Waals surface area (Å²) in [5.41, 5.74) is 4.34. The van der Waals surface area contributed by atoms with Gasteiger partial charge in [-0.3, -0.25) is 14.6 Å². The van der Waals surface area contributed by atoms with Crippen molar-refractivity contribution in [1.29, 1.82) is 0 Å². The van der Waals surface area contributed by atoms with E-state index in [1.807, 2.05) is 48.5 Å². The predicted molar refractivity (Wildman–Crippen MR) is 159 cm³/mol. The Kier molecular flexibility index (Phi) is 8.61. The third-order valence-corrected chi connectivity index (χ3v) is 8.06. The number of ketones is 1. The van der Waals surface area contributed by atoms with Gasteiger partial charge in [0.15, 0.2) is 28.8 Å². The summed E-state index contributed by atoms with van der Waals surface area (Å²) in [6.07, 6.45) is 1.34. The number of carbonyl (C=O) groups excluding carboxylic acids is 2. The van der Waals surface area contributed by atoms with E-state index in [4.69, 9.17) is 23.9 Å². The summed E-state index contributed by atoms with van der Waals surface area (Å²) >= 11 is 0. The maximum absolute atomic E-state index is 13.9. The van der Waals surface area contributed by atoms with E-state index in [0.717, 1.165) is 11.1 Å². The number of rotatable bonds is 9. The topological polar surface area (TPSA) is 104 Å². The third kappa shape index (κ3) is 5.75. The lowest BCUT2D eigenvalue weighted by atomic mass is 9.69. The lowest BCUT2D eigenvalue weighted by Crippen LogP contribution is -2.38. The fraction of sp³-hybridized carbons (Fsp3) is 0.324. The number of Topliss-reactive ketones (excluding diaryl/α,β-unsaturated/α-hetero) is 1. The van der Waals surface area contributed by atoms with Crippen LogP contribution in [-0.2, 0) is 20.7 Å². The molecule has 3 aromatic carbocycles. The van der Waals surface area contributed by atoms with E-state index in [2.05, 4.69) is 0 Å². The number of phenols is 1. The van der Waals surface area contributed by atoms with Crippen LogP contribution in [-0.4, -0.2) is 50.5 Å². The molecule has 5 rings (SSSR count). The van der Waals surface area contributed by atoms with Crippen LogP contribution in [0.3, 0.4) is 0 Å². The number of benzene rings is 3. The van der Waals surface area contributed by atoms with Crippen LogP contribution < -0.4 is 14.2 Å². The molecule has 0 bridgehead atoms. The summed E-state index contributed by atoms with van der Waals surface area (Å²) in [7, 11) is 4.63. The van der Waals surface area contributed by atoms with Crippen molar-refractivity contribution in [3.63, 3.8) is 0 Å². The molecule has 218 valence electrons. The van der Waals surface area contributed by atoms with Crippen molar-refractivity contribution in [2.24, 2.45) is 10.9 Å². The smallest absolute Gasteiger partial charge is 0.315 e. The molecule has 0 spiro atoms. The highest BCUT2D eigenvalue weighted by Crippen LogP contribution is 2.48. The second-order valence-corrected chi connectivity index (χ2v) is 10.5. The number of carbonyl (C=O) groups is 2. The Morgan fingerprint density at radius 2 is 1.57 bits per heavy atom. The first-order valence-electron chi connectivity index (χ1n) is 13.9. The maximum atomic E-state index is 13.9. The van der Waals surface area contributed by atoms with Crippen LogP contribution in [0.15, 0.2) is 83.0 Å². The molecule has 1 heterocycles. The molecule has 0 fully saturated rings. The second-order valence-electron chi connectivity index (χ2n) is 10.5. The molecule has 0 aromatic heterocycles. The first kappa shape index (κ1) is 28.9. The van der Waals surface area contributed by atoms with Gasteiger partial charge < -0.3 is 24.1 Å². The van der Waals surface area contributed by atoms with Crippen molar-refractivity contribution < 1.29 is 33.6 Å². The molecule has 42 heavy (non-hydrogen) atoms. The first-order chi connectivity index (χ1) is 20.3. The van der Waals surface area contributed by atoms with Crippen molar-refractivity contribution in [1.82, 2.24) is 0 Å².